The zero-order chi connectivity index (χ0) is 18.1. The minimum absolute atomic E-state index is 0.0316. The molecule has 0 saturated heterocycles. The summed E-state index contributed by atoms with van der Waals surface area (Å²) in [6, 6.07) is 5.78. The zero-order valence-electron chi connectivity index (χ0n) is 12.7. The van der Waals surface area contributed by atoms with Crippen LogP contribution in [-0.2, 0) is 6.18 Å². The summed E-state index contributed by atoms with van der Waals surface area (Å²) in [6.45, 7) is 0. The van der Waals surface area contributed by atoms with Gasteiger partial charge in [-0.3, -0.25) is 4.79 Å². The molecular formula is C16H13BrF3NO3. The number of nitrogens with two attached hydrogens (primary N) is 1. The average molecular weight is 404 g/mol. The monoisotopic (exact) mass is 403 g/mol. The van der Waals surface area contributed by atoms with Gasteiger partial charge in [-0.05, 0) is 35.9 Å². The van der Waals surface area contributed by atoms with Gasteiger partial charge >= 0.3 is 6.18 Å². The predicted octanol–water partition coefficient (Wildman–Crippen LogP) is 4.25. The molecule has 0 unspecified atom stereocenters. The van der Waals surface area contributed by atoms with Crippen molar-refractivity contribution in [1.82, 2.24) is 0 Å². The summed E-state index contributed by atoms with van der Waals surface area (Å²) >= 11 is 3.28. The Kier molecular flexibility index (Phi) is 5.08. The molecule has 24 heavy (non-hydrogen) atoms. The lowest BCUT2D eigenvalue weighted by atomic mass is 9.96. The predicted molar refractivity (Wildman–Crippen MR) is 86.2 cm³/mol. The molecule has 0 heterocycles. The highest BCUT2D eigenvalue weighted by molar-refractivity contribution is 9.10. The van der Waals surface area contributed by atoms with Gasteiger partial charge in [-0.25, -0.2) is 0 Å². The highest BCUT2D eigenvalue weighted by Crippen LogP contribution is 2.41. The van der Waals surface area contributed by atoms with Gasteiger partial charge in [0.25, 0.3) is 0 Å². The molecule has 0 aliphatic heterocycles. The number of rotatable bonds is 4. The summed E-state index contributed by atoms with van der Waals surface area (Å²) in [5, 5.41) is 0. The largest absolute Gasteiger partial charge is 0.493 e. The van der Waals surface area contributed by atoms with Gasteiger partial charge in [0.1, 0.15) is 0 Å². The van der Waals surface area contributed by atoms with Crippen LogP contribution in [-0.4, -0.2) is 20.1 Å². The van der Waals surface area contributed by atoms with Gasteiger partial charge in [-0.1, -0.05) is 15.9 Å². The summed E-state index contributed by atoms with van der Waals surface area (Å²) in [6.07, 6.45) is -4.55. The summed E-state index contributed by atoms with van der Waals surface area (Å²) in [5.41, 5.74) is 4.75. The molecule has 0 bridgehead atoms. The molecule has 2 aromatic carbocycles. The topological polar surface area (TPSA) is 61.5 Å². The fourth-order valence-electron chi connectivity index (χ4n) is 2.22. The van der Waals surface area contributed by atoms with Crippen LogP contribution in [0.1, 0.15) is 15.9 Å². The standard InChI is InChI=1S/C16H13BrF3NO3/c1-23-13-6-11(12(17)7-14(13)24-2)10-5-8(16(18,19)20)3-4-9(10)15(21)22/h3-7H,1-2H3,(H2,21,22). The molecule has 0 spiro atoms. The normalized spacial score (nSPS) is 11.2. The van der Waals surface area contributed by atoms with E-state index in [0.717, 1.165) is 18.2 Å². The number of hydrogen-bond acceptors (Lipinski definition) is 3. The lowest BCUT2D eigenvalue weighted by molar-refractivity contribution is -0.137. The summed E-state index contributed by atoms with van der Waals surface area (Å²) < 4.78 is 49.8. The number of ether oxygens (including phenoxy) is 2. The quantitative estimate of drug-likeness (QED) is 0.829. The van der Waals surface area contributed by atoms with Crippen LogP contribution < -0.4 is 15.2 Å². The van der Waals surface area contributed by atoms with Crippen molar-refractivity contribution in [3.8, 4) is 22.6 Å². The molecule has 0 aromatic heterocycles. The van der Waals surface area contributed by atoms with Crippen molar-refractivity contribution in [3.05, 3.63) is 45.9 Å². The maximum atomic E-state index is 13.0. The SMILES string of the molecule is COc1cc(Br)c(-c2cc(C(F)(F)F)ccc2C(N)=O)cc1OC. The first kappa shape index (κ1) is 18.1. The van der Waals surface area contributed by atoms with Crippen LogP contribution in [0.4, 0.5) is 13.2 Å². The molecule has 0 aliphatic rings. The molecule has 0 aliphatic carbocycles. The van der Waals surface area contributed by atoms with Crippen molar-refractivity contribution in [1.29, 1.82) is 0 Å². The molecule has 2 rings (SSSR count). The van der Waals surface area contributed by atoms with Crippen molar-refractivity contribution >= 4 is 21.8 Å². The van der Waals surface area contributed by atoms with E-state index in [1.165, 1.54) is 20.3 Å². The van der Waals surface area contributed by atoms with Crippen molar-refractivity contribution in [2.24, 2.45) is 5.73 Å². The summed E-state index contributed by atoms with van der Waals surface area (Å²) in [5.74, 6) is -0.135. The van der Waals surface area contributed by atoms with E-state index < -0.39 is 17.6 Å². The second-order valence-electron chi connectivity index (χ2n) is 4.81. The molecule has 0 atom stereocenters. The van der Waals surface area contributed by atoms with Crippen LogP contribution in [0.2, 0.25) is 0 Å². The number of carbonyl (C=O) groups is 1. The minimum atomic E-state index is -4.55. The molecule has 8 heteroatoms. The fraction of sp³-hybridized carbons (Fsp3) is 0.188. The molecule has 128 valence electrons. The lowest BCUT2D eigenvalue weighted by Gasteiger charge is -2.16. The van der Waals surface area contributed by atoms with Gasteiger partial charge < -0.3 is 15.2 Å². The second kappa shape index (κ2) is 6.72. The van der Waals surface area contributed by atoms with E-state index in [1.807, 2.05) is 0 Å². The molecular weight excluding hydrogens is 391 g/mol. The number of amides is 1. The van der Waals surface area contributed by atoms with Crippen LogP contribution in [0.15, 0.2) is 34.8 Å². The first-order chi connectivity index (χ1) is 11.2. The number of primary amides is 1. The Hall–Kier alpha value is -2.22. The highest BCUT2D eigenvalue weighted by atomic mass is 79.9. The van der Waals surface area contributed by atoms with Crippen molar-refractivity contribution in [2.75, 3.05) is 14.2 Å². The van der Waals surface area contributed by atoms with Gasteiger partial charge in [-0.2, -0.15) is 13.2 Å². The number of halogens is 4. The Bertz CT molecular complexity index is 791. The number of alkyl halides is 3. The molecule has 0 fully saturated rings. The first-order valence-corrected chi connectivity index (χ1v) is 7.41. The summed E-state index contributed by atoms with van der Waals surface area (Å²) in [4.78, 5) is 11.6. The van der Waals surface area contributed by atoms with Crippen molar-refractivity contribution < 1.29 is 27.4 Å². The molecule has 0 radical (unpaired) electrons. The first-order valence-electron chi connectivity index (χ1n) is 6.62. The van der Waals surface area contributed by atoms with E-state index in [1.54, 1.807) is 6.07 Å². The highest BCUT2D eigenvalue weighted by Gasteiger charge is 2.32. The van der Waals surface area contributed by atoms with Crippen LogP contribution in [0, 0.1) is 0 Å². The van der Waals surface area contributed by atoms with E-state index >= 15 is 0 Å². The third-order valence-electron chi connectivity index (χ3n) is 3.38. The lowest BCUT2D eigenvalue weighted by Crippen LogP contribution is -2.14. The van der Waals surface area contributed by atoms with Crippen LogP contribution in [0.25, 0.3) is 11.1 Å². The third kappa shape index (κ3) is 3.48. The average Bonchev–Trinajstić information content (AvgIpc) is 2.53. The number of methoxy groups -OCH3 is 2. The van der Waals surface area contributed by atoms with Gasteiger partial charge in [0.15, 0.2) is 11.5 Å². The Balaban J connectivity index is 2.77. The van der Waals surface area contributed by atoms with E-state index in [9.17, 15) is 18.0 Å². The molecule has 1 amide bonds. The fourth-order valence-corrected chi connectivity index (χ4v) is 2.75. The third-order valence-corrected chi connectivity index (χ3v) is 4.03. The van der Waals surface area contributed by atoms with Crippen LogP contribution >= 0.6 is 15.9 Å². The van der Waals surface area contributed by atoms with E-state index in [0.29, 0.717) is 21.5 Å². The van der Waals surface area contributed by atoms with Crippen LogP contribution in [0.5, 0.6) is 11.5 Å². The second-order valence-corrected chi connectivity index (χ2v) is 5.66. The van der Waals surface area contributed by atoms with Gasteiger partial charge in [0.2, 0.25) is 5.91 Å². The van der Waals surface area contributed by atoms with Crippen LogP contribution in [0.3, 0.4) is 0 Å². The molecule has 2 aromatic rings. The number of benzene rings is 2. The van der Waals surface area contributed by atoms with Crippen molar-refractivity contribution in [3.63, 3.8) is 0 Å². The zero-order valence-corrected chi connectivity index (χ0v) is 14.3. The molecule has 2 N–H and O–H groups in total. The van der Waals surface area contributed by atoms with E-state index in [2.05, 4.69) is 15.9 Å². The van der Waals surface area contributed by atoms with Gasteiger partial charge in [0, 0.05) is 15.6 Å². The summed E-state index contributed by atoms with van der Waals surface area (Å²) in [7, 11) is 2.83. The van der Waals surface area contributed by atoms with Gasteiger partial charge in [-0.15, -0.1) is 0 Å². The maximum absolute atomic E-state index is 13.0. The van der Waals surface area contributed by atoms with Gasteiger partial charge in [0.05, 0.1) is 19.8 Å². The maximum Gasteiger partial charge on any atom is 0.416 e. The minimum Gasteiger partial charge on any atom is -0.493 e. The van der Waals surface area contributed by atoms with E-state index in [-0.39, 0.29) is 11.1 Å². The van der Waals surface area contributed by atoms with Crippen molar-refractivity contribution in [2.45, 2.75) is 6.18 Å². The Morgan fingerprint density at radius 1 is 1.04 bits per heavy atom. The molecule has 0 saturated carbocycles. The Morgan fingerprint density at radius 3 is 2.12 bits per heavy atom. The molecule has 4 nitrogen and oxygen atoms in total. The smallest absolute Gasteiger partial charge is 0.416 e. The Morgan fingerprint density at radius 2 is 1.62 bits per heavy atom. The Labute approximate surface area is 144 Å². The van der Waals surface area contributed by atoms with E-state index in [4.69, 9.17) is 15.2 Å². The number of hydrogen-bond donors (Lipinski definition) is 1. The number of carbonyl (C=O) groups excluding carboxylic acids is 1.